The Bertz CT molecular complexity index is 460. The van der Waals surface area contributed by atoms with Crippen LogP contribution in [0.15, 0.2) is 24.3 Å². The van der Waals surface area contributed by atoms with Gasteiger partial charge in [0.25, 0.3) is 5.19 Å². The molecule has 0 aliphatic heterocycles. The molecule has 1 N–H and O–H groups in total. The van der Waals surface area contributed by atoms with Gasteiger partial charge in [-0.05, 0) is 26.0 Å². The fraction of sp³-hybridized carbons (Fsp3) is 0.182. The van der Waals surface area contributed by atoms with Gasteiger partial charge in [-0.1, -0.05) is 17.4 Å². The van der Waals surface area contributed by atoms with Gasteiger partial charge in [-0.25, -0.2) is 4.98 Å². The number of aryl methyl sites for hydroxylation is 2. The van der Waals surface area contributed by atoms with Crippen LogP contribution in [0.25, 0.3) is 0 Å². The van der Waals surface area contributed by atoms with E-state index in [4.69, 9.17) is 4.74 Å². The summed E-state index contributed by atoms with van der Waals surface area (Å²) in [6, 6.07) is 6.68. The van der Waals surface area contributed by atoms with E-state index in [0.717, 1.165) is 10.6 Å². The zero-order valence-corrected chi connectivity index (χ0v) is 9.34. The van der Waals surface area contributed by atoms with Crippen LogP contribution in [0, 0.1) is 13.8 Å². The van der Waals surface area contributed by atoms with E-state index in [2.05, 4.69) is 4.98 Å². The summed E-state index contributed by atoms with van der Waals surface area (Å²) >= 11 is 1.50. The highest BCUT2D eigenvalue weighted by atomic mass is 32.1. The molecule has 0 atom stereocenters. The fourth-order valence-corrected chi connectivity index (χ4v) is 1.91. The van der Waals surface area contributed by atoms with Crippen molar-refractivity contribution in [2.45, 2.75) is 13.8 Å². The number of hydrogen-bond acceptors (Lipinski definition) is 4. The molecule has 78 valence electrons. The first kappa shape index (κ1) is 9.98. The summed E-state index contributed by atoms with van der Waals surface area (Å²) in [5.41, 5.74) is 0.982. The number of phenolic OH excluding ortho intramolecular Hbond substituents is 1. The topological polar surface area (TPSA) is 42.4 Å². The third-order valence-electron chi connectivity index (χ3n) is 2.03. The van der Waals surface area contributed by atoms with Crippen molar-refractivity contribution < 1.29 is 9.84 Å². The van der Waals surface area contributed by atoms with Crippen LogP contribution >= 0.6 is 11.3 Å². The van der Waals surface area contributed by atoms with Crippen LogP contribution in [0.5, 0.6) is 16.7 Å². The molecule has 0 amide bonds. The highest BCUT2D eigenvalue weighted by Gasteiger charge is 2.05. The van der Waals surface area contributed by atoms with Crippen LogP contribution < -0.4 is 4.74 Å². The van der Waals surface area contributed by atoms with Gasteiger partial charge in [0.15, 0.2) is 0 Å². The molecule has 0 unspecified atom stereocenters. The maximum Gasteiger partial charge on any atom is 0.279 e. The minimum atomic E-state index is 0.192. The molecule has 4 heteroatoms. The molecule has 1 aromatic carbocycles. The van der Waals surface area contributed by atoms with Gasteiger partial charge in [-0.3, -0.25) is 0 Å². The molecule has 0 bridgehead atoms. The van der Waals surface area contributed by atoms with Gasteiger partial charge in [0.2, 0.25) is 0 Å². The maximum atomic E-state index is 9.25. The third kappa shape index (κ3) is 2.27. The van der Waals surface area contributed by atoms with E-state index in [1.807, 2.05) is 13.8 Å². The Hall–Kier alpha value is -1.55. The van der Waals surface area contributed by atoms with E-state index in [1.165, 1.54) is 11.3 Å². The second kappa shape index (κ2) is 3.90. The standard InChI is InChI=1S/C11H11NO2S/c1-7-8(2)15-11(12-7)14-10-5-3-4-9(13)6-10/h3-6,13H,1-2H3. The Kier molecular flexibility index (Phi) is 2.60. The van der Waals surface area contributed by atoms with Crippen molar-refractivity contribution in [2.24, 2.45) is 0 Å². The van der Waals surface area contributed by atoms with Gasteiger partial charge in [0, 0.05) is 10.9 Å². The SMILES string of the molecule is Cc1nc(Oc2cccc(O)c2)sc1C. The van der Waals surface area contributed by atoms with Crippen LogP contribution in [0.2, 0.25) is 0 Å². The number of aromatic hydroxyl groups is 1. The molecule has 2 aromatic rings. The fourth-order valence-electron chi connectivity index (χ4n) is 1.13. The number of rotatable bonds is 2. The Balaban J connectivity index is 2.22. The van der Waals surface area contributed by atoms with Crippen LogP contribution in [-0.2, 0) is 0 Å². The minimum Gasteiger partial charge on any atom is -0.508 e. The molecular weight excluding hydrogens is 210 g/mol. The molecule has 2 rings (SSSR count). The zero-order valence-electron chi connectivity index (χ0n) is 8.52. The Morgan fingerprint density at radius 3 is 2.73 bits per heavy atom. The number of thiazole rings is 1. The molecule has 1 aromatic heterocycles. The molecule has 0 aliphatic carbocycles. The van der Waals surface area contributed by atoms with E-state index < -0.39 is 0 Å². The van der Waals surface area contributed by atoms with Crippen molar-refractivity contribution in [3.05, 3.63) is 34.8 Å². The average Bonchev–Trinajstić information content (AvgIpc) is 2.45. The lowest BCUT2D eigenvalue weighted by Gasteiger charge is -2.00. The summed E-state index contributed by atoms with van der Waals surface area (Å²) in [5, 5.41) is 9.86. The largest absolute Gasteiger partial charge is 0.508 e. The first-order valence-electron chi connectivity index (χ1n) is 4.56. The number of ether oxygens (including phenoxy) is 1. The molecule has 3 nitrogen and oxygen atoms in total. The Labute approximate surface area is 92.0 Å². The summed E-state index contributed by atoms with van der Waals surface area (Å²) in [6.07, 6.45) is 0. The van der Waals surface area contributed by atoms with E-state index in [-0.39, 0.29) is 5.75 Å². The van der Waals surface area contributed by atoms with Gasteiger partial charge in [-0.15, -0.1) is 0 Å². The predicted molar refractivity (Wildman–Crippen MR) is 59.8 cm³/mol. The van der Waals surface area contributed by atoms with E-state index in [9.17, 15) is 5.11 Å². The molecule has 15 heavy (non-hydrogen) atoms. The maximum absolute atomic E-state index is 9.25. The Morgan fingerprint density at radius 2 is 2.13 bits per heavy atom. The first-order valence-corrected chi connectivity index (χ1v) is 5.38. The average molecular weight is 221 g/mol. The quantitative estimate of drug-likeness (QED) is 0.846. The minimum absolute atomic E-state index is 0.192. The molecular formula is C11H11NO2S. The van der Waals surface area contributed by atoms with Crippen LogP contribution in [-0.4, -0.2) is 10.1 Å². The zero-order chi connectivity index (χ0) is 10.8. The first-order chi connectivity index (χ1) is 7.15. The number of phenols is 1. The van der Waals surface area contributed by atoms with Gasteiger partial charge < -0.3 is 9.84 Å². The third-order valence-corrected chi connectivity index (χ3v) is 2.98. The lowest BCUT2D eigenvalue weighted by atomic mass is 10.3. The lowest BCUT2D eigenvalue weighted by molar-refractivity contribution is 0.453. The summed E-state index contributed by atoms with van der Waals surface area (Å²) in [5.74, 6) is 0.793. The van der Waals surface area contributed by atoms with Crippen molar-refractivity contribution in [1.29, 1.82) is 0 Å². The second-order valence-electron chi connectivity index (χ2n) is 3.22. The molecule has 0 saturated heterocycles. The van der Waals surface area contributed by atoms with Crippen molar-refractivity contribution in [1.82, 2.24) is 4.98 Å². The summed E-state index contributed by atoms with van der Waals surface area (Å²) < 4.78 is 5.51. The lowest BCUT2D eigenvalue weighted by Crippen LogP contribution is -1.82. The summed E-state index contributed by atoms with van der Waals surface area (Å²) in [7, 11) is 0. The van der Waals surface area contributed by atoms with Gasteiger partial charge in [0.1, 0.15) is 11.5 Å². The van der Waals surface area contributed by atoms with Gasteiger partial charge in [-0.2, -0.15) is 0 Å². The monoisotopic (exact) mass is 221 g/mol. The van der Waals surface area contributed by atoms with Crippen LogP contribution in [0.3, 0.4) is 0 Å². The normalized spacial score (nSPS) is 10.3. The van der Waals surface area contributed by atoms with E-state index in [1.54, 1.807) is 24.3 Å². The molecule has 0 spiro atoms. The Morgan fingerprint density at radius 1 is 1.33 bits per heavy atom. The number of aromatic nitrogens is 1. The van der Waals surface area contributed by atoms with Crippen molar-refractivity contribution in [3.63, 3.8) is 0 Å². The molecule has 0 fully saturated rings. The predicted octanol–water partition coefficient (Wildman–Crippen LogP) is 3.26. The smallest absolute Gasteiger partial charge is 0.279 e. The van der Waals surface area contributed by atoms with Gasteiger partial charge >= 0.3 is 0 Å². The number of benzene rings is 1. The highest BCUT2D eigenvalue weighted by Crippen LogP contribution is 2.29. The molecule has 0 saturated carbocycles. The van der Waals surface area contributed by atoms with E-state index in [0.29, 0.717) is 10.9 Å². The summed E-state index contributed by atoms with van der Waals surface area (Å²) in [4.78, 5) is 5.39. The molecule has 0 radical (unpaired) electrons. The molecule has 1 heterocycles. The molecule has 0 aliphatic rings. The summed E-state index contributed by atoms with van der Waals surface area (Å²) in [6.45, 7) is 3.95. The van der Waals surface area contributed by atoms with Crippen molar-refractivity contribution >= 4 is 11.3 Å². The second-order valence-corrected chi connectivity index (χ2v) is 4.39. The van der Waals surface area contributed by atoms with Crippen molar-refractivity contribution in [3.8, 4) is 16.7 Å². The number of nitrogens with zero attached hydrogens (tertiary/aromatic N) is 1. The highest BCUT2D eigenvalue weighted by molar-refractivity contribution is 7.13. The number of hydrogen-bond donors (Lipinski definition) is 1. The van der Waals surface area contributed by atoms with Crippen LogP contribution in [0.4, 0.5) is 0 Å². The van der Waals surface area contributed by atoms with Gasteiger partial charge in [0.05, 0.1) is 5.69 Å². The van der Waals surface area contributed by atoms with Crippen LogP contribution in [0.1, 0.15) is 10.6 Å². The van der Waals surface area contributed by atoms with Crippen molar-refractivity contribution in [2.75, 3.05) is 0 Å². The van der Waals surface area contributed by atoms with E-state index >= 15 is 0 Å².